The maximum absolute atomic E-state index is 14.0. The molecule has 1 heterocycles. The van der Waals surface area contributed by atoms with Crippen molar-refractivity contribution in [1.82, 2.24) is 4.90 Å². The van der Waals surface area contributed by atoms with Gasteiger partial charge in [-0.1, -0.05) is 0 Å². The molecule has 4 nitrogen and oxygen atoms in total. The summed E-state index contributed by atoms with van der Waals surface area (Å²) >= 11 is 0. The van der Waals surface area contributed by atoms with E-state index < -0.39 is 11.4 Å². The Labute approximate surface area is 112 Å². The zero-order valence-corrected chi connectivity index (χ0v) is 11.5. The van der Waals surface area contributed by atoms with Gasteiger partial charge in [-0.2, -0.15) is 0 Å². The van der Waals surface area contributed by atoms with Crippen molar-refractivity contribution in [2.24, 2.45) is 4.99 Å². The molecule has 1 aliphatic heterocycles. The first kappa shape index (κ1) is 14.0. The van der Waals surface area contributed by atoms with E-state index in [0.717, 1.165) is 12.1 Å². The number of rotatable bonds is 4. The summed E-state index contributed by atoms with van der Waals surface area (Å²) in [5.74, 6) is -0.429. The molecule has 104 valence electrons. The number of hydrogen-bond donors (Lipinski definition) is 1. The van der Waals surface area contributed by atoms with E-state index >= 15 is 0 Å². The Morgan fingerprint density at radius 3 is 2.74 bits per heavy atom. The Morgan fingerprint density at radius 2 is 2.21 bits per heavy atom. The van der Waals surface area contributed by atoms with Gasteiger partial charge in [-0.25, -0.2) is 9.38 Å². The predicted octanol–water partition coefficient (Wildman–Crippen LogP) is 1.96. The molecule has 19 heavy (non-hydrogen) atoms. The zero-order chi connectivity index (χ0) is 14.0. The summed E-state index contributed by atoms with van der Waals surface area (Å²) in [5, 5.41) is 10.2. The van der Waals surface area contributed by atoms with Crippen LogP contribution in [-0.4, -0.2) is 43.2 Å². The third kappa shape index (κ3) is 2.77. The summed E-state index contributed by atoms with van der Waals surface area (Å²) in [4.78, 5) is 5.97. The van der Waals surface area contributed by atoms with Crippen LogP contribution in [0.2, 0.25) is 0 Å². The molecular formula is C14H19FN2O2. The van der Waals surface area contributed by atoms with Crippen LogP contribution >= 0.6 is 0 Å². The average molecular weight is 266 g/mol. The lowest BCUT2D eigenvalue weighted by atomic mass is 9.88. The Hall–Kier alpha value is -1.46. The topological polar surface area (TPSA) is 45.1 Å². The highest BCUT2D eigenvalue weighted by Crippen LogP contribution is 2.34. The summed E-state index contributed by atoms with van der Waals surface area (Å²) in [6, 6.07) is 3.01. The van der Waals surface area contributed by atoms with Crippen molar-refractivity contribution in [3.8, 4) is 0 Å². The molecule has 0 radical (unpaired) electrons. The number of benzene rings is 1. The minimum Gasteiger partial charge on any atom is -0.380 e. The van der Waals surface area contributed by atoms with Crippen molar-refractivity contribution in [1.29, 1.82) is 0 Å². The smallest absolute Gasteiger partial charge is 0.149 e. The van der Waals surface area contributed by atoms with Crippen molar-refractivity contribution in [2.75, 3.05) is 26.8 Å². The van der Waals surface area contributed by atoms with Gasteiger partial charge in [0.1, 0.15) is 17.1 Å². The highest BCUT2D eigenvalue weighted by molar-refractivity contribution is 5.62. The molecule has 1 aromatic rings. The molecule has 0 unspecified atom stereocenters. The third-order valence-electron chi connectivity index (χ3n) is 3.37. The van der Waals surface area contributed by atoms with Gasteiger partial charge in [0, 0.05) is 13.6 Å². The number of nitrogens with zero attached hydrogens (tertiary/aromatic N) is 2. The SMILES string of the molecule is CCN(C)C=Nc1cc(C)c(C2(O)COC2)cc1F. The predicted molar refractivity (Wildman–Crippen MR) is 72.3 cm³/mol. The van der Waals surface area contributed by atoms with Crippen molar-refractivity contribution in [3.05, 3.63) is 29.1 Å². The van der Waals surface area contributed by atoms with Crippen molar-refractivity contribution >= 4 is 12.0 Å². The average Bonchev–Trinajstić information content (AvgIpc) is 2.36. The molecular weight excluding hydrogens is 247 g/mol. The lowest BCUT2D eigenvalue weighted by Crippen LogP contribution is -2.47. The molecule has 1 N–H and O–H groups in total. The van der Waals surface area contributed by atoms with Crippen LogP contribution in [0.3, 0.4) is 0 Å². The van der Waals surface area contributed by atoms with Gasteiger partial charge in [0.15, 0.2) is 0 Å². The number of halogens is 1. The second-order valence-corrected chi connectivity index (χ2v) is 4.96. The summed E-state index contributed by atoms with van der Waals surface area (Å²) in [6.45, 7) is 5.07. The number of ether oxygens (including phenoxy) is 1. The van der Waals surface area contributed by atoms with Crippen LogP contribution in [0.15, 0.2) is 17.1 Å². The number of aryl methyl sites for hydroxylation is 1. The number of aliphatic imine (C=N–C) groups is 1. The van der Waals surface area contributed by atoms with E-state index in [1.54, 1.807) is 12.4 Å². The first-order valence-electron chi connectivity index (χ1n) is 6.31. The van der Waals surface area contributed by atoms with Crippen LogP contribution in [0.1, 0.15) is 18.1 Å². The highest BCUT2D eigenvalue weighted by atomic mass is 19.1. The van der Waals surface area contributed by atoms with Crippen LogP contribution in [0.5, 0.6) is 0 Å². The van der Waals surface area contributed by atoms with Crippen LogP contribution in [0, 0.1) is 12.7 Å². The van der Waals surface area contributed by atoms with Crippen molar-refractivity contribution < 1.29 is 14.2 Å². The Bertz CT molecular complexity index is 498. The molecule has 2 rings (SSSR count). The maximum atomic E-state index is 14.0. The van der Waals surface area contributed by atoms with Crippen molar-refractivity contribution in [2.45, 2.75) is 19.4 Å². The fourth-order valence-corrected chi connectivity index (χ4v) is 1.96. The van der Waals surface area contributed by atoms with Gasteiger partial charge >= 0.3 is 0 Å². The molecule has 0 spiro atoms. The Kier molecular flexibility index (Phi) is 3.87. The molecule has 0 aliphatic carbocycles. The van der Waals surface area contributed by atoms with Gasteiger partial charge in [0.25, 0.3) is 0 Å². The molecule has 1 saturated heterocycles. The zero-order valence-electron chi connectivity index (χ0n) is 11.5. The molecule has 5 heteroatoms. The second kappa shape index (κ2) is 5.27. The minimum atomic E-state index is -1.05. The van der Waals surface area contributed by atoms with Gasteiger partial charge in [-0.05, 0) is 37.1 Å². The lowest BCUT2D eigenvalue weighted by Gasteiger charge is -2.37. The first-order valence-corrected chi connectivity index (χ1v) is 6.31. The molecule has 0 saturated carbocycles. The van der Waals surface area contributed by atoms with E-state index in [2.05, 4.69) is 4.99 Å². The largest absolute Gasteiger partial charge is 0.380 e. The van der Waals surface area contributed by atoms with Gasteiger partial charge in [-0.15, -0.1) is 0 Å². The standard InChI is InChI=1S/C14H19FN2O2/c1-4-17(3)9-16-13-5-10(2)11(6-12(13)15)14(18)7-19-8-14/h5-6,9,18H,4,7-8H2,1-3H3. The summed E-state index contributed by atoms with van der Waals surface area (Å²) < 4.78 is 19.0. The molecule has 0 atom stereocenters. The lowest BCUT2D eigenvalue weighted by molar-refractivity contribution is -0.185. The summed E-state index contributed by atoms with van der Waals surface area (Å²) in [5.41, 5.74) is 0.635. The summed E-state index contributed by atoms with van der Waals surface area (Å²) in [6.07, 6.45) is 1.60. The van der Waals surface area contributed by atoms with Crippen LogP contribution in [0.25, 0.3) is 0 Å². The highest BCUT2D eigenvalue weighted by Gasteiger charge is 2.39. The van der Waals surface area contributed by atoms with E-state index in [9.17, 15) is 9.50 Å². The third-order valence-corrected chi connectivity index (χ3v) is 3.37. The van der Waals surface area contributed by atoms with Crippen LogP contribution < -0.4 is 0 Å². The fourth-order valence-electron chi connectivity index (χ4n) is 1.96. The van der Waals surface area contributed by atoms with E-state index in [0.29, 0.717) is 5.56 Å². The van der Waals surface area contributed by atoms with Gasteiger partial charge in [0.05, 0.1) is 19.6 Å². The maximum Gasteiger partial charge on any atom is 0.149 e. The summed E-state index contributed by atoms with van der Waals surface area (Å²) in [7, 11) is 1.87. The van der Waals surface area contributed by atoms with E-state index in [1.807, 2.05) is 25.8 Å². The van der Waals surface area contributed by atoms with Crippen molar-refractivity contribution in [3.63, 3.8) is 0 Å². The Balaban J connectivity index is 2.29. The first-order chi connectivity index (χ1) is 8.96. The van der Waals surface area contributed by atoms with E-state index in [4.69, 9.17) is 4.74 Å². The molecule has 0 amide bonds. The van der Waals surface area contributed by atoms with Gasteiger partial charge < -0.3 is 14.7 Å². The second-order valence-electron chi connectivity index (χ2n) is 4.96. The van der Waals surface area contributed by atoms with Gasteiger partial charge in [-0.3, -0.25) is 0 Å². The number of hydrogen-bond acceptors (Lipinski definition) is 3. The molecule has 1 aliphatic rings. The fraction of sp³-hybridized carbons (Fsp3) is 0.500. The Morgan fingerprint density at radius 1 is 1.53 bits per heavy atom. The normalized spacial score (nSPS) is 17.5. The molecule has 1 fully saturated rings. The van der Waals surface area contributed by atoms with Crippen LogP contribution in [-0.2, 0) is 10.3 Å². The molecule has 1 aromatic carbocycles. The quantitative estimate of drug-likeness (QED) is 0.669. The van der Waals surface area contributed by atoms with Crippen LogP contribution in [0.4, 0.5) is 10.1 Å². The van der Waals surface area contributed by atoms with E-state index in [-0.39, 0.29) is 18.9 Å². The minimum absolute atomic E-state index is 0.217. The van der Waals surface area contributed by atoms with E-state index in [1.165, 1.54) is 6.07 Å². The molecule has 0 bridgehead atoms. The number of aliphatic hydroxyl groups is 1. The monoisotopic (exact) mass is 266 g/mol. The molecule has 0 aromatic heterocycles. The van der Waals surface area contributed by atoms with Gasteiger partial charge in [0.2, 0.25) is 0 Å².